The quantitative estimate of drug-likeness (QED) is 0.844. The van der Waals surface area contributed by atoms with Gasteiger partial charge in [0.15, 0.2) is 0 Å². The van der Waals surface area contributed by atoms with E-state index in [-0.39, 0.29) is 5.91 Å². The largest absolute Gasteiger partial charge is 0.311 e. The van der Waals surface area contributed by atoms with Crippen LogP contribution < -0.4 is 5.32 Å². The van der Waals surface area contributed by atoms with Crippen molar-refractivity contribution in [3.05, 3.63) is 11.8 Å². The lowest BCUT2D eigenvalue weighted by Crippen LogP contribution is -2.32. The first kappa shape index (κ1) is 12.1. The number of carbonyl (C=O) groups excluding carboxylic acids is 1. The summed E-state index contributed by atoms with van der Waals surface area (Å²) in [6, 6.07) is 2.33. The fourth-order valence-corrected chi connectivity index (χ4v) is 2.31. The Balaban J connectivity index is 2.16. The van der Waals surface area contributed by atoms with E-state index < -0.39 is 0 Å². The van der Waals surface area contributed by atoms with Gasteiger partial charge in [-0.25, -0.2) is 4.68 Å². The number of rotatable bonds is 2. The van der Waals surface area contributed by atoms with Crippen molar-refractivity contribution in [1.82, 2.24) is 14.7 Å². The van der Waals surface area contributed by atoms with Crippen molar-refractivity contribution < 1.29 is 4.79 Å². The van der Waals surface area contributed by atoms with Gasteiger partial charge < -0.3 is 10.2 Å². The molecule has 2 rings (SSSR count). The summed E-state index contributed by atoms with van der Waals surface area (Å²) in [6.07, 6.45) is 2.18. The van der Waals surface area contributed by atoms with Crippen LogP contribution in [0.1, 0.15) is 31.5 Å². The van der Waals surface area contributed by atoms with Crippen LogP contribution in [0.25, 0.3) is 0 Å². The molecule has 0 atom stereocenters. The summed E-state index contributed by atoms with van der Waals surface area (Å²) in [5.41, 5.74) is 0.952. The summed E-state index contributed by atoms with van der Waals surface area (Å²) in [6.45, 7) is 5.66. The Bertz CT molecular complexity index is 405. The van der Waals surface area contributed by atoms with E-state index in [1.807, 2.05) is 17.7 Å². The molecule has 0 saturated carbocycles. The summed E-state index contributed by atoms with van der Waals surface area (Å²) in [4.78, 5) is 13.5. The van der Waals surface area contributed by atoms with Gasteiger partial charge in [0.25, 0.3) is 0 Å². The predicted molar refractivity (Wildman–Crippen MR) is 67.0 cm³/mol. The van der Waals surface area contributed by atoms with Gasteiger partial charge in [0.1, 0.15) is 5.82 Å². The zero-order valence-electron chi connectivity index (χ0n) is 10.7. The fourth-order valence-electron chi connectivity index (χ4n) is 2.31. The van der Waals surface area contributed by atoms with Gasteiger partial charge in [-0.15, -0.1) is 0 Å². The van der Waals surface area contributed by atoms with Crippen LogP contribution in [0.2, 0.25) is 0 Å². The minimum atomic E-state index is -0.0425. The van der Waals surface area contributed by atoms with E-state index in [0.717, 1.165) is 37.4 Å². The fraction of sp³-hybridized carbons (Fsp3) is 0.667. The van der Waals surface area contributed by atoms with Crippen molar-refractivity contribution >= 4 is 11.7 Å². The number of carbonyl (C=O) groups is 1. The van der Waals surface area contributed by atoms with E-state index in [1.165, 1.54) is 6.92 Å². The lowest BCUT2D eigenvalue weighted by Gasteiger charge is -2.29. The molecule has 17 heavy (non-hydrogen) atoms. The topological polar surface area (TPSA) is 50.2 Å². The third-order valence-corrected chi connectivity index (χ3v) is 3.20. The Morgan fingerprint density at radius 3 is 2.71 bits per heavy atom. The van der Waals surface area contributed by atoms with Gasteiger partial charge in [0.05, 0.1) is 11.7 Å². The molecule has 1 aliphatic rings. The zero-order valence-corrected chi connectivity index (χ0v) is 10.7. The first-order valence-electron chi connectivity index (χ1n) is 6.08. The molecule has 0 aliphatic carbocycles. The Hall–Kier alpha value is -1.36. The summed E-state index contributed by atoms with van der Waals surface area (Å²) in [5.74, 6) is 0.781. The van der Waals surface area contributed by atoms with E-state index >= 15 is 0 Å². The first-order chi connectivity index (χ1) is 8.06. The number of likely N-dealkylation sites (tertiary alicyclic amines) is 1. The molecular formula is C12H20N4O. The summed E-state index contributed by atoms with van der Waals surface area (Å²) in [5, 5.41) is 7.35. The summed E-state index contributed by atoms with van der Waals surface area (Å²) < 4.78 is 1.98. The highest BCUT2D eigenvalue weighted by Crippen LogP contribution is 2.25. The van der Waals surface area contributed by atoms with Gasteiger partial charge in [0, 0.05) is 13.0 Å². The van der Waals surface area contributed by atoms with Gasteiger partial charge >= 0.3 is 0 Å². The van der Waals surface area contributed by atoms with Crippen LogP contribution in [-0.4, -0.2) is 40.7 Å². The average molecular weight is 236 g/mol. The van der Waals surface area contributed by atoms with Crippen LogP contribution in [0, 0.1) is 6.92 Å². The summed E-state index contributed by atoms with van der Waals surface area (Å²) in [7, 11) is 2.14. The van der Waals surface area contributed by atoms with Gasteiger partial charge in [-0.05, 0) is 39.9 Å². The van der Waals surface area contributed by atoms with Crippen molar-refractivity contribution in [2.75, 3.05) is 25.5 Å². The van der Waals surface area contributed by atoms with Crippen molar-refractivity contribution in [2.45, 2.75) is 32.7 Å². The first-order valence-corrected chi connectivity index (χ1v) is 6.08. The van der Waals surface area contributed by atoms with Gasteiger partial charge in [-0.1, -0.05) is 0 Å². The van der Waals surface area contributed by atoms with E-state index in [4.69, 9.17) is 0 Å². The number of aromatic nitrogens is 2. The molecule has 0 bridgehead atoms. The Morgan fingerprint density at radius 1 is 1.47 bits per heavy atom. The molecule has 94 valence electrons. The lowest BCUT2D eigenvalue weighted by atomic mass is 10.1. The minimum Gasteiger partial charge on any atom is -0.311 e. The maximum atomic E-state index is 11.1. The second-order valence-electron chi connectivity index (χ2n) is 4.83. The van der Waals surface area contributed by atoms with Crippen molar-refractivity contribution in [1.29, 1.82) is 0 Å². The Morgan fingerprint density at radius 2 is 2.12 bits per heavy atom. The standard InChI is InChI=1S/C12H20N4O/c1-9-8-12(13-10(2)17)16(14-9)11-4-6-15(3)7-5-11/h8,11H,4-7H2,1-3H3,(H,13,17). The SMILES string of the molecule is CC(=O)Nc1cc(C)nn1C1CCN(C)CC1. The van der Waals surface area contributed by atoms with Crippen LogP contribution >= 0.6 is 0 Å². The second kappa shape index (κ2) is 4.87. The molecule has 1 amide bonds. The number of anilines is 1. The highest BCUT2D eigenvalue weighted by molar-refractivity contribution is 5.87. The lowest BCUT2D eigenvalue weighted by molar-refractivity contribution is -0.114. The molecule has 0 unspecified atom stereocenters. The van der Waals surface area contributed by atoms with Crippen molar-refractivity contribution in [3.63, 3.8) is 0 Å². The van der Waals surface area contributed by atoms with Gasteiger partial charge in [0.2, 0.25) is 5.91 Å². The Labute approximate surface area is 102 Å². The monoisotopic (exact) mass is 236 g/mol. The number of hydrogen-bond donors (Lipinski definition) is 1. The molecule has 0 spiro atoms. The minimum absolute atomic E-state index is 0.0425. The maximum absolute atomic E-state index is 11.1. The zero-order chi connectivity index (χ0) is 12.4. The smallest absolute Gasteiger partial charge is 0.222 e. The molecule has 5 nitrogen and oxygen atoms in total. The molecule has 1 aromatic heterocycles. The molecule has 1 aromatic rings. The molecule has 1 fully saturated rings. The van der Waals surface area contributed by atoms with Crippen molar-refractivity contribution in [3.8, 4) is 0 Å². The number of nitrogens with one attached hydrogen (secondary N) is 1. The highest BCUT2D eigenvalue weighted by Gasteiger charge is 2.21. The van der Waals surface area contributed by atoms with Gasteiger partial charge in [-0.3, -0.25) is 4.79 Å². The van der Waals surface area contributed by atoms with Gasteiger partial charge in [-0.2, -0.15) is 5.10 Å². The molecular weight excluding hydrogens is 216 g/mol. The van der Waals surface area contributed by atoms with Crippen molar-refractivity contribution in [2.24, 2.45) is 0 Å². The van der Waals surface area contributed by atoms with Crippen LogP contribution in [-0.2, 0) is 4.79 Å². The van der Waals surface area contributed by atoms with Crippen LogP contribution in [0.4, 0.5) is 5.82 Å². The number of aryl methyl sites for hydroxylation is 1. The molecule has 0 aromatic carbocycles. The van der Waals surface area contributed by atoms with Crippen LogP contribution in [0.3, 0.4) is 0 Å². The molecule has 1 aliphatic heterocycles. The average Bonchev–Trinajstić information content (AvgIpc) is 2.59. The molecule has 5 heteroatoms. The van der Waals surface area contributed by atoms with E-state index in [0.29, 0.717) is 6.04 Å². The highest BCUT2D eigenvalue weighted by atomic mass is 16.1. The van der Waals surface area contributed by atoms with Crippen LogP contribution in [0.15, 0.2) is 6.07 Å². The number of amides is 1. The molecule has 1 N–H and O–H groups in total. The third-order valence-electron chi connectivity index (χ3n) is 3.20. The summed E-state index contributed by atoms with van der Waals surface area (Å²) >= 11 is 0. The normalized spacial score (nSPS) is 18.3. The number of hydrogen-bond acceptors (Lipinski definition) is 3. The number of piperidine rings is 1. The molecule has 2 heterocycles. The van der Waals surface area contributed by atoms with Crippen LogP contribution in [0.5, 0.6) is 0 Å². The second-order valence-corrected chi connectivity index (χ2v) is 4.83. The molecule has 1 saturated heterocycles. The van der Waals surface area contributed by atoms with E-state index in [2.05, 4.69) is 22.4 Å². The van der Waals surface area contributed by atoms with E-state index in [9.17, 15) is 4.79 Å². The molecule has 0 radical (unpaired) electrons. The predicted octanol–water partition coefficient (Wildman–Crippen LogP) is 1.42. The maximum Gasteiger partial charge on any atom is 0.222 e. The Kier molecular flexibility index (Phi) is 3.47. The third kappa shape index (κ3) is 2.85. The number of nitrogens with zero attached hydrogens (tertiary/aromatic N) is 3. The van der Waals surface area contributed by atoms with E-state index in [1.54, 1.807) is 0 Å².